The number of hydrogen-bond donors (Lipinski definition) is 1. The predicted molar refractivity (Wildman–Crippen MR) is 61.8 cm³/mol. The smallest absolute Gasteiger partial charge is 0.314 e. The van der Waals surface area contributed by atoms with Crippen LogP contribution in [0.5, 0.6) is 0 Å². The monoisotopic (exact) mass is 286 g/mol. The van der Waals surface area contributed by atoms with Crippen molar-refractivity contribution >= 4 is 21.9 Å². The lowest BCUT2D eigenvalue weighted by atomic mass is 9.87. The summed E-state index contributed by atoms with van der Waals surface area (Å²) in [6.45, 7) is 3.70. The summed E-state index contributed by atoms with van der Waals surface area (Å²) >= 11 is 3.09. The second-order valence-corrected chi connectivity index (χ2v) is 5.73. The van der Waals surface area contributed by atoms with Crippen molar-refractivity contribution in [2.45, 2.75) is 25.7 Å². The SMILES string of the molecule is CC1(C)CC1(C(=O)O)c1cccc(Br)c1F. The molecule has 1 atom stereocenters. The lowest BCUT2D eigenvalue weighted by Gasteiger charge is -2.17. The van der Waals surface area contributed by atoms with Crippen molar-refractivity contribution in [3.8, 4) is 0 Å². The van der Waals surface area contributed by atoms with E-state index in [-0.39, 0.29) is 11.0 Å². The van der Waals surface area contributed by atoms with E-state index in [1.165, 1.54) is 0 Å². The molecular weight excluding hydrogens is 275 g/mol. The molecule has 1 unspecified atom stereocenters. The molecule has 0 radical (unpaired) electrons. The Morgan fingerprint density at radius 1 is 1.50 bits per heavy atom. The second-order valence-electron chi connectivity index (χ2n) is 4.87. The van der Waals surface area contributed by atoms with E-state index in [1.807, 2.05) is 13.8 Å². The lowest BCUT2D eigenvalue weighted by Crippen LogP contribution is -2.26. The first-order valence-corrected chi connectivity index (χ1v) is 5.80. The molecule has 1 fully saturated rings. The van der Waals surface area contributed by atoms with Gasteiger partial charge in [-0.05, 0) is 33.8 Å². The maximum atomic E-state index is 13.9. The molecule has 1 aliphatic rings. The van der Waals surface area contributed by atoms with Gasteiger partial charge in [-0.15, -0.1) is 0 Å². The molecule has 1 N–H and O–H groups in total. The summed E-state index contributed by atoms with van der Waals surface area (Å²) in [7, 11) is 0. The van der Waals surface area contributed by atoms with E-state index in [9.17, 15) is 14.3 Å². The first kappa shape index (κ1) is 11.6. The molecule has 2 nitrogen and oxygen atoms in total. The maximum Gasteiger partial charge on any atom is 0.314 e. The molecule has 16 heavy (non-hydrogen) atoms. The standard InChI is InChI=1S/C12H12BrFO2/c1-11(2)6-12(11,10(15)16)7-4-3-5-8(13)9(7)14/h3-5H,6H2,1-2H3,(H,15,16). The molecule has 0 heterocycles. The number of hydrogen-bond acceptors (Lipinski definition) is 1. The molecule has 1 aromatic rings. The third kappa shape index (κ3) is 1.32. The Bertz CT molecular complexity index is 470. The quantitative estimate of drug-likeness (QED) is 0.905. The van der Waals surface area contributed by atoms with Crippen molar-refractivity contribution in [1.82, 2.24) is 0 Å². The minimum absolute atomic E-state index is 0.277. The summed E-state index contributed by atoms with van der Waals surface area (Å²) in [6.07, 6.45) is 0.475. The summed E-state index contributed by atoms with van der Waals surface area (Å²) in [5.41, 5.74) is -1.18. The van der Waals surface area contributed by atoms with Gasteiger partial charge >= 0.3 is 5.97 Å². The third-order valence-corrected chi connectivity index (χ3v) is 4.13. The van der Waals surface area contributed by atoms with Crippen LogP contribution in [-0.2, 0) is 10.2 Å². The van der Waals surface area contributed by atoms with Gasteiger partial charge in [-0.25, -0.2) is 4.39 Å². The highest BCUT2D eigenvalue weighted by atomic mass is 79.9. The Hall–Kier alpha value is -0.900. The zero-order valence-corrected chi connectivity index (χ0v) is 10.6. The van der Waals surface area contributed by atoms with Gasteiger partial charge < -0.3 is 5.11 Å². The molecule has 0 bridgehead atoms. The van der Waals surface area contributed by atoms with Gasteiger partial charge in [0.15, 0.2) is 0 Å². The fraction of sp³-hybridized carbons (Fsp3) is 0.417. The second kappa shape index (κ2) is 3.29. The average Bonchev–Trinajstić information content (AvgIpc) is 2.75. The fourth-order valence-corrected chi connectivity index (χ4v) is 2.76. The topological polar surface area (TPSA) is 37.3 Å². The van der Waals surface area contributed by atoms with E-state index in [1.54, 1.807) is 18.2 Å². The summed E-state index contributed by atoms with van der Waals surface area (Å²) in [4.78, 5) is 11.4. The van der Waals surface area contributed by atoms with Crippen molar-refractivity contribution in [3.05, 3.63) is 34.1 Å². The van der Waals surface area contributed by atoms with Gasteiger partial charge in [0.25, 0.3) is 0 Å². The van der Waals surface area contributed by atoms with Gasteiger partial charge in [0.1, 0.15) is 11.2 Å². The van der Waals surface area contributed by atoms with Crippen LogP contribution in [0.4, 0.5) is 4.39 Å². The molecule has 2 rings (SSSR count). The van der Waals surface area contributed by atoms with Gasteiger partial charge in [0.2, 0.25) is 0 Å². The molecular formula is C12H12BrFO2. The van der Waals surface area contributed by atoms with Crippen LogP contribution < -0.4 is 0 Å². The van der Waals surface area contributed by atoms with Crippen molar-refractivity contribution in [3.63, 3.8) is 0 Å². The lowest BCUT2D eigenvalue weighted by molar-refractivity contribution is -0.141. The molecule has 1 saturated carbocycles. The molecule has 0 spiro atoms. The Morgan fingerprint density at radius 3 is 2.50 bits per heavy atom. The third-order valence-electron chi connectivity index (χ3n) is 3.51. The summed E-state index contributed by atoms with van der Waals surface area (Å²) in [5, 5.41) is 9.33. The van der Waals surface area contributed by atoms with Crippen molar-refractivity contribution in [2.24, 2.45) is 5.41 Å². The van der Waals surface area contributed by atoms with Gasteiger partial charge in [-0.1, -0.05) is 26.0 Å². The zero-order valence-electron chi connectivity index (χ0n) is 9.05. The molecule has 0 amide bonds. The van der Waals surface area contributed by atoms with Gasteiger partial charge in [0, 0.05) is 5.56 Å². The Morgan fingerprint density at radius 2 is 2.06 bits per heavy atom. The number of aliphatic carboxylic acids is 1. The van der Waals surface area contributed by atoms with E-state index in [2.05, 4.69) is 15.9 Å². The van der Waals surface area contributed by atoms with Crippen LogP contribution in [0.3, 0.4) is 0 Å². The number of benzene rings is 1. The highest BCUT2D eigenvalue weighted by molar-refractivity contribution is 9.10. The Balaban J connectivity index is 2.60. The van der Waals surface area contributed by atoms with E-state index < -0.39 is 17.2 Å². The highest BCUT2D eigenvalue weighted by Crippen LogP contribution is 2.65. The summed E-state index contributed by atoms with van der Waals surface area (Å²) < 4.78 is 14.2. The van der Waals surface area contributed by atoms with E-state index in [4.69, 9.17) is 0 Å². The number of carbonyl (C=O) groups is 1. The van der Waals surface area contributed by atoms with Crippen LogP contribution in [-0.4, -0.2) is 11.1 Å². The van der Waals surface area contributed by atoms with Crippen LogP contribution in [0.25, 0.3) is 0 Å². The fourth-order valence-electron chi connectivity index (χ4n) is 2.39. The summed E-state index contributed by atoms with van der Waals surface area (Å²) in [6, 6.07) is 4.80. The molecule has 86 valence electrons. The van der Waals surface area contributed by atoms with Crippen molar-refractivity contribution < 1.29 is 14.3 Å². The van der Waals surface area contributed by atoms with Crippen LogP contribution in [0.2, 0.25) is 0 Å². The molecule has 0 saturated heterocycles. The number of rotatable bonds is 2. The van der Waals surface area contributed by atoms with Gasteiger partial charge in [0.05, 0.1) is 4.47 Å². The van der Waals surface area contributed by atoms with Gasteiger partial charge in [-0.2, -0.15) is 0 Å². The normalized spacial score (nSPS) is 26.5. The summed E-state index contributed by atoms with van der Waals surface area (Å²) in [5.74, 6) is -1.41. The zero-order chi connectivity index (χ0) is 12.1. The first-order valence-electron chi connectivity index (χ1n) is 5.01. The average molecular weight is 287 g/mol. The number of carboxylic acids is 1. The predicted octanol–water partition coefficient (Wildman–Crippen LogP) is 3.34. The van der Waals surface area contributed by atoms with Crippen LogP contribution in [0.15, 0.2) is 22.7 Å². The van der Waals surface area contributed by atoms with E-state index in [0.29, 0.717) is 10.9 Å². The molecule has 0 aliphatic heterocycles. The van der Waals surface area contributed by atoms with Crippen LogP contribution in [0.1, 0.15) is 25.8 Å². The van der Waals surface area contributed by atoms with E-state index >= 15 is 0 Å². The van der Waals surface area contributed by atoms with Crippen molar-refractivity contribution in [2.75, 3.05) is 0 Å². The van der Waals surface area contributed by atoms with Crippen LogP contribution in [0, 0.1) is 11.2 Å². The molecule has 4 heteroatoms. The first-order chi connectivity index (χ1) is 7.33. The largest absolute Gasteiger partial charge is 0.481 e. The Labute approximate surface area is 102 Å². The van der Waals surface area contributed by atoms with E-state index in [0.717, 1.165) is 0 Å². The Kier molecular flexibility index (Phi) is 2.38. The number of carboxylic acid groups (broad SMARTS) is 1. The van der Waals surface area contributed by atoms with Gasteiger partial charge in [-0.3, -0.25) is 4.79 Å². The minimum Gasteiger partial charge on any atom is -0.481 e. The number of halogens is 2. The highest BCUT2D eigenvalue weighted by Gasteiger charge is 2.68. The molecule has 0 aromatic heterocycles. The van der Waals surface area contributed by atoms with Crippen LogP contribution >= 0.6 is 15.9 Å². The minimum atomic E-state index is -1.07. The molecule has 1 aliphatic carbocycles. The van der Waals surface area contributed by atoms with Crippen molar-refractivity contribution in [1.29, 1.82) is 0 Å². The molecule has 1 aromatic carbocycles. The maximum absolute atomic E-state index is 13.9.